The average molecular weight is 730 g/mol. The lowest BCUT2D eigenvalue weighted by molar-refractivity contribution is 0.573. The summed E-state index contributed by atoms with van der Waals surface area (Å²) in [4.78, 5) is 9.95. The first kappa shape index (κ1) is 32.6. The van der Waals surface area contributed by atoms with Crippen LogP contribution in [0.1, 0.15) is 52.7 Å². The summed E-state index contributed by atoms with van der Waals surface area (Å²) in [6.07, 6.45) is 4.15. The van der Waals surface area contributed by atoms with E-state index in [1.54, 1.807) is 0 Å². The number of rotatable bonds is 2. The lowest BCUT2D eigenvalue weighted by Gasteiger charge is -2.43. The second kappa shape index (κ2) is 11.3. The number of aromatic nitrogens is 1. The van der Waals surface area contributed by atoms with Crippen LogP contribution in [0.3, 0.4) is 0 Å². The number of furan rings is 1. The number of nitrogens with zero attached hydrogens (tertiary/aromatic N) is 3. The fourth-order valence-corrected chi connectivity index (χ4v) is 10.9. The van der Waals surface area contributed by atoms with Crippen molar-refractivity contribution in [2.45, 2.75) is 52.4 Å². The summed E-state index contributed by atoms with van der Waals surface area (Å²) in [5, 5.41) is 4.89. The summed E-state index contributed by atoms with van der Waals surface area (Å²) in [7, 11) is 0. The van der Waals surface area contributed by atoms with E-state index in [4.69, 9.17) is 9.40 Å². The van der Waals surface area contributed by atoms with Crippen molar-refractivity contribution in [2.75, 3.05) is 9.80 Å². The van der Waals surface area contributed by atoms with Crippen molar-refractivity contribution in [1.82, 2.24) is 4.98 Å². The largest absolute Gasteiger partial charge is 0.456 e. The lowest BCUT2D eigenvalue weighted by Crippen LogP contribution is -2.61. The first-order valence-electron chi connectivity index (χ1n) is 19.2. The van der Waals surface area contributed by atoms with E-state index in [9.17, 15) is 0 Å². The first-order chi connectivity index (χ1) is 26.6. The summed E-state index contributed by atoms with van der Waals surface area (Å²) in [6.45, 7) is 13.7. The van der Waals surface area contributed by atoms with E-state index < -0.39 is 0 Å². The quantitative estimate of drug-likeness (QED) is 0.166. The van der Waals surface area contributed by atoms with Crippen LogP contribution >= 0.6 is 11.3 Å². The standard InChI is InChI=1S/C49H40BN3OS/c1-48(2,3)35-21-13-19-31-34-25-39-38(26-42(34)54-45(31)35)50-37-24-23-33-32-20-14-22-36(49(4,5)6)46(32)55-47(33)44(37)53(30-17-11-8-12-18-30)41-28-51-27-40(43(41)50)52(39)29-15-9-7-10-16-29/h7-28H,1-6H3. The smallest absolute Gasteiger partial charge is 0.252 e. The van der Waals surface area contributed by atoms with Gasteiger partial charge >= 0.3 is 0 Å². The summed E-state index contributed by atoms with van der Waals surface area (Å²) in [5.41, 5.74) is 15.0. The Morgan fingerprint density at radius 2 is 1.16 bits per heavy atom. The van der Waals surface area contributed by atoms with Gasteiger partial charge in [0.15, 0.2) is 0 Å². The van der Waals surface area contributed by atoms with Gasteiger partial charge in [0, 0.05) is 48.9 Å². The zero-order valence-corrected chi connectivity index (χ0v) is 32.8. The van der Waals surface area contributed by atoms with Crippen LogP contribution in [0.15, 0.2) is 138 Å². The fourth-order valence-electron chi connectivity index (χ4n) is 9.31. The Morgan fingerprint density at radius 1 is 0.545 bits per heavy atom. The van der Waals surface area contributed by atoms with Crippen molar-refractivity contribution in [3.8, 4) is 0 Å². The van der Waals surface area contributed by atoms with E-state index in [0.29, 0.717) is 0 Å². The molecule has 2 aliphatic heterocycles. The summed E-state index contributed by atoms with van der Waals surface area (Å²) >= 11 is 1.93. The highest BCUT2D eigenvalue weighted by atomic mass is 32.1. The second-order valence-corrected chi connectivity index (χ2v) is 18.2. The molecular formula is C49H40BN3OS. The second-order valence-electron chi connectivity index (χ2n) is 17.2. The van der Waals surface area contributed by atoms with Crippen molar-refractivity contribution >= 4 is 111 Å². The highest BCUT2D eigenvalue weighted by Gasteiger charge is 2.45. The Balaban J connectivity index is 1.28. The molecule has 9 aromatic rings. The third-order valence-corrected chi connectivity index (χ3v) is 13.0. The highest BCUT2D eigenvalue weighted by molar-refractivity contribution is 7.27. The topological polar surface area (TPSA) is 32.5 Å². The van der Waals surface area contributed by atoms with Crippen molar-refractivity contribution in [2.24, 2.45) is 0 Å². The van der Waals surface area contributed by atoms with Gasteiger partial charge in [-0.1, -0.05) is 126 Å². The SMILES string of the molecule is CC(C)(C)c1cccc2c1oc1cc3c(cc12)N(c1ccccc1)c1cncc2c1B3c1ccc3c(sc4c(C(C)(C)C)cccc43)c1N2c1ccccc1. The Kier molecular flexibility index (Phi) is 6.72. The molecule has 55 heavy (non-hydrogen) atoms. The minimum atomic E-state index is -0.0639. The molecule has 0 fully saturated rings. The van der Waals surface area contributed by atoms with Crippen molar-refractivity contribution in [3.63, 3.8) is 0 Å². The zero-order chi connectivity index (χ0) is 37.4. The van der Waals surface area contributed by atoms with Gasteiger partial charge in [0.25, 0.3) is 6.71 Å². The number of thiophene rings is 1. The van der Waals surface area contributed by atoms with E-state index in [1.807, 2.05) is 11.3 Å². The molecule has 0 aliphatic carbocycles. The van der Waals surface area contributed by atoms with Crippen LogP contribution < -0.4 is 26.2 Å². The maximum Gasteiger partial charge on any atom is 0.252 e. The minimum absolute atomic E-state index is 0.0129. The minimum Gasteiger partial charge on any atom is -0.456 e. The van der Waals surface area contributed by atoms with Crippen LogP contribution in [0, 0.1) is 0 Å². The summed E-state index contributed by atoms with van der Waals surface area (Å²) < 4.78 is 9.61. The van der Waals surface area contributed by atoms with Crippen LogP contribution in [0.2, 0.25) is 0 Å². The molecule has 0 radical (unpaired) electrons. The van der Waals surface area contributed by atoms with Crippen LogP contribution in [0.25, 0.3) is 42.1 Å². The van der Waals surface area contributed by atoms with Gasteiger partial charge in [-0.25, -0.2) is 0 Å². The maximum atomic E-state index is 6.94. The van der Waals surface area contributed by atoms with Crippen LogP contribution in [-0.2, 0) is 10.8 Å². The normalized spacial score (nSPS) is 13.9. The number of anilines is 6. The zero-order valence-electron chi connectivity index (χ0n) is 31.9. The Morgan fingerprint density at radius 3 is 1.85 bits per heavy atom. The van der Waals surface area contributed by atoms with Gasteiger partial charge in [-0.3, -0.25) is 4.98 Å². The maximum absolute atomic E-state index is 6.94. The monoisotopic (exact) mass is 729 g/mol. The molecule has 4 nitrogen and oxygen atoms in total. The number of hydrogen-bond acceptors (Lipinski definition) is 5. The van der Waals surface area contributed by atoms with Gasteiger partial charge in [0.1, 0.15) is 11.2 Å². The van der Waals surface area contributed by atoms with Gasteiger partial charge in [-0.05, 0) is 69.2 Å². The van der Waals surface area contributed by atoms with Crippen LogP contribution in [0.4, 0.5) is 34.1 Å². The van der Waals surface area contributed by atoms with E-state index in [2.05, 4.69) is 185 Å². The number of hydrogen-bond donors (Lipinski definition) is 0. The molecule has 266 valence electrons. The molecule has 3 aromatic heterocycles. The molecule has 0 saturated heterocycles. The third-order valence-electron chi connectivity index (χ3n) is 11.8. The number of pyridine rings is 1. The molecule has 0 N–H and O–H groups in total. The molecule has 11 rings (SSSR count). The predicted molar refractivity (Wildman–Crippen MR) is 236 cm³/mol. The van der Waals surface area contributed by atoms with Crippen molar-refractivity contribution < 1.29 is 4.42 Å². The molecular weight excluding hydrogens is 689 g/mol. The first-order valence-corrected chi connectivity index (χ1v) is 20.1. The fraction of sp³-hybridized carbons (Fsp3) is 0.163. The van der Waals surface area contributed by atoms with Crippen LogP contribution in [0.5, 0.6) is 0 Å². The Hall–Kier alpha value is -5.85. The number of fused-ring (bicyclic) bond motifs is 11. The molecule has 0 spiro atoms. The number of benzene rings is 6. The van der Waals surface area contributed by atoms with Gasteiger partial charge < -0.3 is 14.2 Å². The van der Waals surface area contributed by atoms with Gasteiger partial charge in [0.2, 0.25) is 0 Å². The van der Waals surface area contributed by atoms with Gasteiger partial charge in [0.05, 0.1) is 34.2 Å². The van der Waals surface area contributed by atoms with E-state index >= 15 is 0 Å². The van der Waals surface area contributed by atoms with E-state index in [0.717, 1.165) is 50.4 Å². The van der Waals surface area contributed by atoms with E-state index in [-0.39, 0.29) is 17.5 Å². The molecule has 0 amide bonds. The van der Waals surface area contributed by atoms with Gasteiger partial charge in [-0.15, -0.1) is 11.3 Å². The Labute approximate surface area is 325 Å². The molecule has 0 saturated carbocycles. The Bertz CT molecular complexity index is 3010. The highest BCUT2D eigenvalue weighted by Crippen LogP contribution is 2.50. The third kappa shape index (κ3) is 4.61. The molecule has 0 bridgehead atoms. The molecule has 6 aromatic carbocycles. The van der Waals surface area contributed by atoms with Crippen LogP contribution in [-0.4, -0.2) is 11.7 Å². The van der Waals surface area contributed by atoms with Crippen molar-refractivity contribution in [1.29, 1.82) is 0 Å². The van der Waals surface area contributed by atoms with Crippen molar-refractivity contribution in [3.05, 3.63) is 145 Å². The number of para-hydroxylation sites is 3. The lowest BCUT2D eigenvalue weighted by atomic mass is 9.33. The molecule has 0 unspecified atom stereocenters. The summed E-state index contributed by atoms with van der Waals surface area (Å²) in [6, 6.07) is 44.5. The molecule has 0 atom stereocenters. The average Bonchev–Trinajstić information content (AvgIpc) is 3.75. The molecule has 6 heteroatoms. The molecule has 5 heterocycles. The summed E-state index contributed by atoms with van der Waals surface area (Å²) in [5.74, 6) is 0. The molecule has 2 aliphatic rings. The van der Waals surface area contributed by atoms with Gasteiger partial charge in [-0.2, -0.15) is 0 Å². The predicted octanol–water partition coefficient (Wildman–Crippen LogP) is 12.0. The van der Waals surface area contributed by atoms with E-state index in [1.165, 1.54) is 53.4 Å².